The van der Waals surface area contributed by atoms with E-state index in [4.69, 9.17) is 9.47 Å². The molecule has 2 heterocycles. The maximum absolute atomic E-state index is 5.69. The summed E-state index contributed by atoms with van der Waals surface area (Å²) in [6.07, 6.45) is 3.84. The lowest BCUT2D eigenvalue weighted by atomic mass is 9.91. The summed E-state index contributed by atoms with van der Waals surface area (Å²) in [5, 5.41) is 3.65. The summed E-state index contributed by atoms with van der Waals surface area (Å²) in [6, 6.07) is 4.95. The number of nitrogens with one attached hydrogen (secondary N) is 1. The number of hydrogen-bond acceptors (Lipinski definition) is 3. The molecule has 1 atom stereocenters. The summed E-state index contributed by atoms with van der Waals surface area (Å²) in [7, 11) is 0. The Bertz CT molecular complexity index is 454. The lowest BCUT2D eigenvalue weighted by Gasteiger charge is -2.29. The molecule has 1 aliphatic carbocycles. The van der Waals surface area contributed by atoms with Crippen molar-refractivity contribution >= 4 is 0 Å². The van der Waals surface area contributed by atoms with Crippen LogP contribution < -0.4 is 14.8 Å². The third-order valence-corrected chi connectivity index (χ3v) is 3.99. The van der Waals surface area contributed by atoms with E-state index in [1.165, 1.54) is 24.0 Å². The molecule has 0 aromatic heterocycles. The van der Waals surface area contributed by atoms with Gasteiger partial charge in [-0.2, -0.15) is 0 Å². The zero-order valence-electron chi connectivity index (χ0n) is 9.87. The molecule has 1 saturated carbocycles. The third kappa shape index (κ3) is 1.61. The van der Waals surface area contributed by atoms with Crippen LogP contribution in [0.1, 0.15) is 30.0 Å². The maximum atomic E-state index is 5.69. The first kappa shape index (κ1) is 9.77. The molecule has 0 radical (unpaired) electrons. The number of hydrogen-bond donors (Lipinski definition) is 1. The van der Waals surface area contributed by atoms with Crippen LogP contribution in [-0.4, -0.2) is 19.8 Å². The molecule has 1 fully saturated rings. The zero-order valence-corrected chi connectivity index (χ0v) is 9.87. The minimum absolute atomic E-state index is 0.551. The molecule has 1 aromatic carbocycles. The predicted molar refractivity (Wildman–Crippen MR) is 64.6 cm³/mol. The molecule has 90 valence electrons. The maximum Gasteiger partial charge on any atom is 0.161 e. The minimum atomic E-state index is 0.551. The lowest BCUT2D eigenvalue weighted by Crippen LogP contribution is -2.31. The van der Waals surface area contributed by atoms with E-state index in [-0.39, 0.29) is 0 Å². The van der Waals surface area contributed by atoms with Crippen molar-refractivity contribution in [3.63, 3.8) is 0 Å². The molecule has 1 N–H and O–H groups in total. The summed E-state index contributed by atoms with van der Waals surface area (Å²) in [5.74, 6) is 2.72. The quantitative estimate of drug-likeness (QED) is 0.802. The minimum Gasteiger partial charge on any atom is -0.486 e. The Hall–Kier alpha value is -1.22. The van der Waals surface area contributed by atoms with Crippen LogP contribution in [-0.2, 0) is 6.42 Å². The van der Waals surface area contributed by atoms with Gasteiger partial charge in [-0.25, -0.2) is 0 Å². The van der Waals surface area contributed by atoms with Crippen molar-refractivity contribution in [2.24, 2.45) is 5.92 Å². The van der Waals surface area contributed by atoms with Crippen molar-refractivity contribution in [2.75, 3.05) is 19.8 Å². The van der Waals surface area contributed by atoms with Gasteiger partial charge in [-0.1, -0.05) is 0 Å². The largest absolute Gasteiger partial charge is 0.486 e. The van der Waals surface area contributed by atoms with Crippen LogP contribution in [0.25, 0.3) is 0 Å². The van der Waals surface area contributed by atoms with Crippen LogP contribution in [0, 0.1) is 5.92 Å². The molecular formula is C14H17NO2. The third-order valence-electron chi connectivity index (χ3n) is 3.99. The Kier molecular flexibility index (Phi) is 2.09. The highest BCUT2D eigenvalue weighted by molar-refractivity contribution is 5.50. The summed E-state index contributed by atoms with van der Waals surface area (Å²) in [4.78, 5) is 0. The first-order valence-electron chi connectivity index (χ1n) is 6.57. The molecule has 2 aliphatic heterocycles. The van der Waals surface area contributed by atoms with E-state index in [1.807, 2.05) is 0 Å². The van der Waals surface area contributed by atoms with Gasteiger partial charge in [0.2, 0.25) is 0 Å². The Morgan fingerprint density at radius 2 is 1.82 bits per heavy atom. The van der Waals surface area contributed by atoms with Crippen LogP contribution in [0.4, 0.5) is 0 Å². The van der Waals surface area contributed by atoms with Gasteiger partial charge in [0.25, 0.3) is 0 Å². The van der Waals surface area contributed by atoms with Gasteiger partial charge in [-0.3, -0.25) is 0 Å². The van der Waals surface area contributed by atoms with Gasteiger partial charge in [0.1, 0.15) is 13.2 Å². The topological polar surface area (TPSA) is 30.5 Å². The molecule has 3 nitrogen and oxygen atoms in total. The Balaban J connectivity index is 1.78. The highest BCUT2D eigenvalue weighted by atomic mass is 16.6. The van der Waals surface area contributed by atoms with Crippen molar-refractivity contribution in [1.82, 2.24) is 5.32 Å². The van der Waals surface area contributed by atoms with E-state index in [0.717, 1.165) is 30.4 Å². The molecule has 3 aliphatic rings. The van der Waals surface area contributed by atoms with E-state index in [9.17, 15) is 0 Å². The molecule has 0 spiro atoms. The van der Waals surface area contributed by atoms with Crippen LogP contribution in [0.5, 0.6) is 11.5 Å². The van der Waals surface area contributed by atoms with Crippen molar-refractivity contribution in [3.05, 3.63) is 23.3 Å². The fourth-order valence-corrected chi connectivity index (χ4v) is 2.98. The average molecular weight is 231 g/mol. The summed E-state index contributed by atoms with van der Waals surface area (Å²) in [5.41, 5.74) is 2.90. The second-order valence-corrected chi connectivity index (χ2v) is 5.21. The van der Waals surface area contributed by atoms with Crippen LogP contribution in [0.3, 0.4) is 0 Å². The average Bonchev–Trinajstić information content (AvgIpc) is 3.20. The molecule has 0 amide bonds. The van der Waals surface area contributed by atoms with Gasteiger partial charge < -0.3 is 14.8 Å². The summed E-state index contributed by atoms with van der Waals surface area (Å²) < 4.78 is 11.3. The van der Waals surface area contributed by atoms with Crippen molar-refractivity contribution in [1.29, 1.82) is 0 Å². The first-order chi connectivity index (χ1) is 8.42. The summed E-state index contributed by atoms with van der Waals surface area (Å²) in [6.45, 7) is 2.44. The van der Waals surface area contributed by atoms with Crippen LogP contribution in [0.2, 0.25) is 0 Å². The number of ether oxygens (including phenoxy) is 2. The molecule has 17 heavy (non-hydrogen) atoms. The van der Waals surface area contributed by atoms with Gasteiger partial charge in [-0.15, -0.1) is 0 Å². The van der Waals surface area contributed by atoms with Crippen molar-refractivity contribution in [3.8, 4) is 11.5 Å². The highest BCUT2D eigenvalue weighted by Crippen LogP contribution is 2.46. The first-order valence-corrected chi connectivity index (χ1v) is 6.57. The standard InChI is InChI=1S/C14H17NO2/c1-2-9(1)14-11-8-13-12(16-5-6-17-13)7-10(11)3-4-15-14/h7-9,14-15H,1-6H2. The highest BCUT2D eigenvalue weighted by Gasteiger charge is 2.35. The fraction of sp³-hybridized carbons (Fsp3) is 0.571. The molecule has 4 rings (SSSR count). The van der Waals surface area contributed by atoms with Crippen molar-refractivity contribution in [2.45, 2.75) is 25.3 Å². The van der Waals surface area contributed by atoms with E-state index >= 15 is 0 Å². The Morgan fingerprint density at radius 3 is 2.59 bits per heavy atom. The normalized spacial score (nSPS) is 26.5. The van der Waals surface area contributed by atoms with Crippen molar-refractivity contribution < 1.29 is 9.47 Å². The van der Waals surface area contributed by atoms with Gasteiger partial charge in [0.15, 0.2) is 11.5 Å². The van der Waals surface area contributed by atoms with Crippen LogP contribution >= 0.6 is 0 Å². The second-order valence-electron chi connectivity index (χ2n) is 5.21. The second kappa shape index (κ2) is 3.64. The fourth-order valence-electron chi connectivity index (χ4n) is 2.98. The monoisotopic (exact) mass is 231 g/mol. The SMILES string of the molecule is c1c2c(cc3c1OCCO3)C(C1CC1)NCC2. The zero-order chi connectivity index (χ0) is 11.2. The molecular weight excluding hydrogens is 214 g/mol. The summed E-state index contributed by atoms with van der Waals surface area (Å²) >= 11 is 0. The van der Waals surface area contributed by atoms with Gasteiger partial charge in [0.05, 0.1) is 0 Å². The Morgan fingerprint density at radius 1 is 1.06 bits per heavy atom. The molecule has 0 saturated heterocycles. The van der Waals surface area contributed by atoms with E-state index in [2.05, 4.69) is 17.4 Å². The van der Waals surface area contributed by atoms with E-state index in [1.54, 1.807) is 0 Å². The molecule has 3 heteroatoms. The molecule has 1 unspecified atom stereocenters. The molecule has 0 bridgehead atoms. The smallest absolute Gasteiger partial charge is 0.161 e. The molecule has 1 aromatic rings. The van der Waals surface area contributed by atoms with E-state index in [0.29, 0.717) is 19.3 Å². The predicted octanol–water partition coefficient (Wildman–Crippen LogP) is 2.05. The van der Waals surface area contributed by atoms with Gasteiger partial charge in [0, 0.05) is 6.04 Å². The number of benzene rings is 1. The Labute approximate surface area is 101 Å². The van der Waals surface area contributed by atoms with Crippen LogP contribution in [0.15, 0.2) is 12.1 Å². The van der Waals surface area contributed by atoms with E-state index < -0.39 is 0 Å². The van der Waals surface area contributed by atoms with Gasteiger partial charge in [-0.05, 0) is 55.0 Å². The number of fused-ring (bicyclic) bond motifs is 2. The lowest BCUT2D eigenvalue weighted by molar-refractivity contribution is 0.170. The number of rotatable bonds is 1. The van der Waals surface area contributed by atoms with Gasteiger partial charge >= 0.3 is 0 Å².